The predicted octanol–water partition coefficient (Wildman–Crippen LogP) is 5.56. The minimum Gasteiger partial charge on any atom is -0.481 e. The molecule has 1 aliphatic rings. The smallest absolute Gasteiger partial charge is 0.341 e. The minimum absolute atomic E-state index is 0.321. The van der Waals surface area contributed by atoms with Gasteiger partial charge in [0.15, 0.2) is 12.3 Å². The van der Waals surface area contributed by atoms with E-state index < -0.39 is 18.8 Å². The van der Waals surface area contributed by atoms with E-state index in [4.69, 9.17) is 14.6 Å². The average molecular weight is 551 g/mol. The second-order valence-corrected chi connectivity index (χ2v) is 9.43. The second-order valence-electron chi connectivity index (χ2n) is 7.57. The molecule has 3 aromatic carbocycles. The zero-order valence-electron chi connectivity index (χ0n) is 18.2. The van der Waals surface area contributed by atoms with E-state index in [0.29, 0.717) is 33.8 Å². The van der Waals surface area contributed by atoms with Gasteiger partial charge in [-0.3, -0.25) is 0 Å². The Morgan fingerprint density at radius 2 is 1.89 bits per heavy atom. The molecule has 1 aromatic heterocycles. The zero-order chi connectivity index (χ0) is 24.2. The van der Waals surface area contributed by atoms with Crippen LogP contribution in [0.15, 0.2) is 82.4 Å². The average Bonchev–Trinajstić information content (AvgIpc) is 3.03. The first-order valence-corrected chi connectivity index (χ1v) is 12.4. The summed E-state index contributed by atoms with van der Waals surface area (Å²) in [5.41, 5.74) is 3.85. The fraction of sp³-hybridized carbons (Fsp3) is 0.120. The lowest BCUT2D eigenvalue weighted by molar-refractivity contribution is -0.139. The number of thioether (sulfide) groups is 1. The number of ether oxygens (including phenoxy) is 2. The number of rotatable bonds is 7. The summed E-state index contributed by atoms with van der Waals surface area (Å²) in [4.78, 5) is 15.8. The summed E-state index contributed by atoms with van der Waals surface area (Å²) in [6.07, 6.45) is -0.720. The van der Waals surface area contributed by atoms with Gasteiger partial charge in [0, 0.05) is 21.5 Å². The number of nitrogens with one attached hydrogen (secondary N) is 1. The molecule has 2 N–H and O–H groups in total. The molecule has 8 nitrogen and oxygen atoms in total. The molecule has 0 bridgehead atoms. The Morgan fingerprint density at radius 1 is 1.09 bits per heavy atom. The lowest BCUT2D eigenvalue weighted by Gasteiger charge is -2.22. The first-order valence-electron chi connectivity index (χ1n) is 10.6. The largest absolute Gasteiger partial charge is 0.481 e. The van der Waals surface area contributed by atoms with Crippen molar-refractivity contribution in [2.75, 3.05) is 11.9 Å². The first kappa shape index (κ1) is 23.1. The second kappa shape index (κ2) is 10.3. The van der Waals surface area contributed by atoms with Gasteiger partial charge in [0.05, 0.1) is 5.56 Å². The van der Waals surface area contributed by atoms with Crippen LogP contribution in [-0.4, -0.2) is 32.9 Å². The highest BCUT2D eigenvalue weighted by Gasteiger charge is 2.28. The maximum atomic E-state index is 11.1. The summed E-state index contributed by atoms with van der Waals surface area (Å²) in [6, 6.07) is 23.0. The molecule has 0 amide bonds. The van der Waals surface area contributed by atoms with Gasteiger partial charge in [-0.1, -0.05) is 76.2 Å². The number of aliphatic carboxylic acids is 1. The van der Waals surface area contributed by atoms with Gasteiger partial charge >= 0.3 is 5.97 Å². The fourth-order valence-electron chi connectivity index (χ4n) is 3.57. The topological polar surface area (TPSA) is 106 Å². The lowest BCUT2D eigenvalue weighted by Crippen LogP contribution is -2.19. The van der Waals surface area contributed by atoms with E-state index in [1.165, 1.54) is 11.8 Å². The Morgan fingerprint density at radius 3 is 2.71 bits per heavy atom. The number of nitrogens with zero attached hydrogens (tertiary/aromatic N) is 3. The molecule has 0 fully saturated rings. The maximum Gasteiger partial charge on any atom is 0.341 e. The predicted molar refractivity (Wildman–Crippen MR) is 136 cm³/mol. The Hall–Kier alpha value is -3.63. The highest BCUT2D eigenvalue weighted by Crippen LogP contribution is 2.41. The number of carboxylic acid groups (broad SMARTS) is 1. The molecule has 1 aliphatic heterocycles. The van der Waals surface area contributed by atoms with Gasteiger partial charge in [-0.05, 0) is 29.8 Å². The minimum atomic E-state index is -1.07. The van der Waals surface area contributed by atoms with Gasteiger partial charge in [0.1, 0.15) is 5.75 Å². The molecule has 0 radical (unpaired) electrons. The van der Waals surface area contributed by atoms with Gasteiger partial charge < -0.3 is 19.9 Å². The molecule has 0 aliphatic carbocycles. The number of para-hydroxylation sites is 1. The first-order chi connectivity index (χ1) is 17.1. The molecule has 2 heterocycles. The van der Waals surface area contributed by atoms with Crippen molar-refractivity contribution in [1.29, 1.82) is 0 Å². The highest BCUT2D eigenvalue weighted by atomic mass is 79.9. The molecule has 0 saturated heterocycles. The number of anilines is 1. The standard InChI is InChI=1S/C25H19BrN4O4S/c26-16-10-11-20(33-13-21(31)32)18(12-16)23-27-19-9-5-4-8-17(19)22-24(34-23)28-25(30-29-22)35-14-15-6-2-1-3-7-15/h1-12,23,27H,13-14H2,(H,31,32)/t23-/m1/s1. The third-order valence-corrected chi connectivity index (χ3v) is 6.55. The summed E-state index contributed by atoms with van der Waals surface area (Å²) >= 11 is 4.95. The molecule has 4 aromatic rings. The maximum absolute atomic E-state index is 11.1. The van der Waals surface area contributed by atoms with E-state index in [-0.39, 0.29) is 0 Å². The molecular weight excluding hydrogens is 532 g/mol. The van der Waals surface area contributed by atoms with E-state index >= 15 is 0 Å². The molecule has 35 heavy (non-hydrogen) atoms. The third-order valence-electron chi connectivity index (χ3n) is 5.15. The molecule has 0 spiro atoms. The number of carbonyl (C=O) groups is 1. The molecule has 0 saturated carbocycles. The quantitative estimate of drug-likeness (QED) is 0.286. The molecule has 5 rings (SSSR count). The number of halogens is 1. The van der Waals surface area contributed by atoms with Gasteiger partial charge in [-0.15, -0.1) is 10.2 Å². The van der Waals surface area contributed by atoms with Crippen molar-refractivity contribution in [2.45, 2.75) is 17.1 Å². The third kappa shape index (κ3) is 5.39. The monoisotopic (exact) mass is 550 g/mol. The van der Waals surface area contributed by atoms with Gasteiger partial charge in [-0.25, -0.2) is 4.79 Å². The Kier molecular flexibility index (Phi) is 6.82. The Bertz CT molecular complexity index is 1370. The van der Waals surface area contributed by atoms with Crippen LogP contribution < -0.4 is 14.8 Å². The molecule has 10 heteroatoms. The van der Waals surface area contributed by atoms with Crippen molar-refractivity contribution in [3.8, 4) is 22.9 Å². The Balaban J connectivity index is 1.51. The summed E-state index contributed by atoms with van der Waals surface area (Å²) in [6.45, 7) is -0.474. The van der Waals surface area contributed by atoms with E-state index in [2.05, 4.69) is 36.4 Å². The lowest BCUT2D eigenvalue weighted by atomic mass is 10.1. The SMILES string of the molecule is O=C(O)COc1ccc(Br)cc1[C@@H]1Nc2ccccc2-c2nnc(SCc3ccccc3)nc2O1. The van der Waals surface area contributed by atoms with Crippen molar-refractivity contribution < 1.29 is 19.4 Å². The van der Waals surface area contributed by atoms with E-state index in [0.717, 1.165) is 21.3 Å². The van der Waals surface area contributed by atoms with Gasteiger partial charge in [0.2, 0.25) is 17.3 Å². The normalized spacial score (nSPS) is 14.0. The molecule has 176 valence electrons. The van der Waals surface area contributed by atoms with Crippen molar-refractivity contribution in [1.82, 2.24) is 15.2 Å². The number of aromatic nitrogens is 3. The van der Waals surface area contributed by atoms with Crippen LogP contribution in [0.4, 0.5) is 5.69 Å². The van der Waals surface area contributed by atoms with Crippen LogP contribution in [0.1, 0.15) is 17.4 Å². The van der Waals surface area contributed by atoms with Crippen LogP contribution in [0, 0.1) is 0 Å². The van der Waals surface area contributed by atoms with Crippen molar-refractivity contribution in [3.63, 3.8) is 0 Å². The summed E-state index contributed by atoms with van der Waals surface area (Å²) < 4.78 is 12.7. The summed E-state index contributed by atoms with van der Waals surface area (Å²) in [5, 5.41) is 21.7. The van der Waals surface area contributed by atoms with Gasteiger partial charge in [-0.2, -0.15) is 4.98 Å². The van der Waals surface area contributed by atoms with Crippen LogP contribution in [0.5, 0.6) is 11.6 Å². The molecule has 0 unspecified atom stereocenters. The zero-order valence-corrected chi connectivity index (χ0v) is 20.6. The number of hydrogen-bond donors (Lipinski definition) is 2. The van der Waals surface area contributed by atoms with Crippen molar-refractivity contribution in [2.24, 2.45) is 0 Å². The van der Waals surface area contributed by atoms with E-state index in [1.807, 2.05) is 60.7 Å². The number of fused-ring (bicyclic) bond motifs is 3. The summed E-state index contributed by atoms with van der Waals surface area (Å²) in [7, 11) is 0. The Labute approximate surface area is 213 Å². The van der Waals surface area contributed by atoms with E-state index in [9.17, 15) is 4.79 Å². The van der Waals surface area contributed by atoms with Crippen molar-refractivity contribution >= 4 is 39.3 Å². The number of hydrogen-bond acceptors (Lipinski definition) is 8. The molecular formula is C25H19BrN4O4S. The highest BCUT2D eigenvalue weighted by molar-refractivity contribution is 9.10. The van der Waals surface area contributed by atoms with Crippen molar-refractivity contribution in [3.05, 3.63) is 88.4 Å². The van der Waals surface area contributed by atoms with Gasteiger partial charge in [0.25, 0.3) is 0 Å². The van der Waals surface area contributed by atoms with Crippen LogP contribution in [0.25, 0.3) is 11.3 Å². The number of benzene rings is 3. The van der Waals surface area contributed by atoms with Crippen LogP contribution in [0.2, 0.25) is 0 Å². The summed E-state index contributed by atoms with van der Waals surface area (Å²) in [5.74, 6) is 0.330. The van der Waals surface area contributed by atoms with E-state index in [1.54, 1.807) is 12.1 Å². The van der Waals surface area contributed by atoms with Crippen LogP contribution in [0.3, 0.4) is 0 Å². The molecule has 1 atom stereocenters. The van der Waals surface area contributed by atoms with Crippen LogP contribution >= 0.6 is 27.7 Å². The van der Waals surface area contributed by atoms with Crippen LogP contribution in [-0.2, 0) is 10.5 Å². The fourth-order valence-corrected chi connectivity index (χ4v) is 4.68. The number of carboxylic acids is 1.